The molecule has 1 aromatic heterocycles. The monoisotopic (exact) mass is 421 g/mol. The van der Waals surface area contributed by atoms with Gasteiger partial charge >= 0.3 is 156 Å². The van der Waals surface area contributed by atoms with Gasteiger partial charge in [-0.25, -0.2) is 0 Å². The van der Waals surface area contributed by atoms with E-state index in [1.807, 2.05) is 4.94 Å². The van der Waals surface area contributed by atoms with Crippen molar-refractivity contribution in [3.63, 3.8) is 0 Å². The molecule has 0 aliphatic carbocycles. The van der Waals surface area contributed by atoms with Crippen LogP contribution in [0.3, 0.4) is 0 Å². The Morgan fingerprint density at radius 3 is 2.15 bits per heavy atom. The summed E-state index contributed by atoms with van der Waals surface area (Å²) in [4.78, 5) is 19.2. The second-order valence-corrected chi connectivity index (χ2v) is 7.09. The van der Waals surface area contributed by atoms with E-state index in [0.29, 0.717) is 33.1 Å². The van der Waals surface area contributed by atoms with Crippen LogP contribution >= 0.6 is 0 Å². The van der Waals surface area contributed by atoms with E-state index < -0.39 is 0 Å². The summed E-state index contributed by atoms with van der Waals surface area (Å²) in [5.74, 6) is 0.741. The van der Waals surface area contributed by atoms with Gasteiger partial charge in [-0.2, -0.15) is 0 Å². The van der Waals surface area contributed by atoms with Crippen molar-refractivity contribution in [2.24, 2.45) is 0 Å². The van der Waals surface area contributed by atoms with Crippen molar-refractivity contribution in [2.75, 3.05) is 21.3 Å². The van der Waals surface area contributed by atoms with Crippen molar-refractivity contribution in [3.05, 3.63) is 57.3 Å². The molecule has 0 aliphatic rings. The summed E-state index contributed by atoms with van der Waals surface area (Å²) in [6.45, 7) is 0. The Balaban J connectivity index is 1.96. The number of halogens is 1. The summed E-state index contributed by atoms with van der Waals surface area (Å²) in [5.41, 5.74) is 1.87. The number of rotatable bonds is 6. The fraction of sp³-hybridized carbons (Fsp3) is 0.158. The minimum absolute atomic E-state index is 0.197. The Kier molecular flexibility index (Phi) is 5.40. The molecule has 3 aromatic rings. The van der Waals surface area contributed by atoms with Gasteiger partial charge in [0.2, 0.25) is 0 Å². The molecule has 7 heteroatoms. The maximum atomic E-state index is 13.1. The van der Waals surface area contributed by atoms with Crippen LogP contribution in [-0.2, 0) is 0 Å². The van der Waals surface area contributed by atoms with E-state index in [9.17, 15) is 9.18 Å². The minimum atomic E-state index is -0.310. The molecule has 0 fully saturated rings. The van der Waals surface area contributed by atoms with E-state index >= 15 is 0 Å². The van der Waals surface area contributed by atoms with Gasteiger partial charge in [0.25, 0.3) is 0 Å². The fourth-order valence-electron chi connectivity index (χ4n) is 2.47. The number of methoxy groups -OCH3 is 3. The van der Waals surface area contributed by atoms with E-state index in [-0.39, 0.29) is 26.1 Å². The van der Waals surface area contributed by atoms with Crippen LogP contribution in [0.4, 0.5) is 4.39 Å². The third-order valence-corrected chi connectivity index (χ3v) is 5.53. The summed E-state index contributed by atoms with van der Waals surface area (Å²) in [6, 6.07) is 9.26. The van der Waals surface area contributed by atoms with Gasteiger partial charge in [-0.1, -0.05) is 0 Å². The van der Waals surface area contributed by atoms with Crippen LogP contribution in [0.2, 0.25) is 0 Å². The number of benzene rings is 2. The van der Waals surface area contributed by atoms with E-state index in [1.165, 1.54) is 33.5 Å². The molecule has 2 aromatic carbocycles. The predicted octanol–water partition coefficient (Wildman–Crippen LogP) is 3.20. The normalized spacial score (nSPS) is 10.5. The summed E-state index contributed by atoms with van der Waals surface area (Å²) in [7, 11) is 4.50. The van der Waals surface area contributed by atoms with E-state index in [0.717, 1.165) is 5.56 Å². The van der Waals surface area contributed by atoms with Crippen molar-refractivity contribution in [2.45, 2.75) is 0 Å². The molecular weight excluding hydrogens is 404 g/mol. The summed E-state index contributed by atoms with van der Waals surface area (Å²) < 4.78 is 29.4. The molecule has 1 heterocycles. The van der Waals surface area contributed by atoms with Gasteiger partial charge in [0, 0.05) is 0 Å². The molecule has 0 unspecified atom stereocenters. The average Bonchev–Trinajstić information content (AvgIpc) is 3.16. The Morgan fingerprint density at radius 2 is 1.62 bits per heavy atom. The van der Waals surface area contributed by atoms with Crippen molar-refractivity contribution >= 4 is 20.3 Å². The zero-order valence-corrected chi connectivity index (χ0v) is 16.1. The van der Waals surface area contributed by atoms with E-state index in [4.69, 9.17) is 14.2 Å². The second kappa shape index (κ2) is 7.72. The van der Waals surface area contributed by atoms with Crippen LogP contribution in [0.15, 0.2) is 41.3 Å². The molecule has 0 atom stereocenters. The second-order valence-electron chi connectivity index (χ2n) is 5.29. The number of carbonyl (C=O) groups excluding carboxylic acids is 1. The van der Waals surface area contributed by atoms with Crippen LogP contribution in [0.5, 0.6) is 17.2 Å². The summed E-state index contributed by atoms with van der Waals surface area (Å²) in [6.07, 6.45) is 0. The topological polar surface area (TPSA) is 57.7 Å². The predicted molar refractivity (Wildman–Crippen MR) is 96.1 cm³/mol. The molecule has 0 spiro atoms. The number of carbonyl (C=O) groups is 1. The molecule has 0 radical (unpaired) electrons. The molecule has 3 rings (SSSR count). The van der Waals surface area contributed by atoms with Gasteiger partial charge in [0.05, 0.1) is 0 Å². The van der Waals surface area contributed by atoms with Crippen LogP contribution < -0.4 is 14.2 Å². The Labute approximate surface area is 156 Å². The quantitative estimate of drug-likeness (QED) is 0.453. The number of ether oxygens (including phenoxy) is 3. The van der Waals surface area contributed by atoms with Gasteiger partial charge in [-0.05, 0) is 0 Å². The van der Waals surface area contributed by atoms with E-state index in [2.05, 4.69) is 4.98 Å². The van der Waals surface area contributed by atoms with Gasteiger partial charge in [0.1, 0.15) is 0 Å². The molecule has 0 N–H and O–H groups in total. The summed E-state index contributed by atoms with van der Waals surface area (Å²) in [5, 5.41) is 0. The van der Waals surface area contributed by atoms with Crippen molar-refractivity contribution in [1.82, 2.24) is 4.98 Å². The molecule has 0 amide bonds. The number of hydrogen-bond donors (Lipinski definition) is 0. The number of nitrogens with zero attached hydrogens (tertiary/aromatic N) is 1. The van der Waals surface area contributed by atoms with Crippen LogP contribution in [0.25, 0.3) is 11.3 Å². The first-order valence-electron chi connectivity index (χ1n) is 7.63. The van der Waals surface area contributed by atoms with Gasteiger partial charge in [-0.15, -0.1) is 0 Å². The molecule has 26 heavy (non-hydrogen) atoms. The first-order chi connectivity index (χ1) is 12.6. The zero-order chi connectivity index (χ0) is 18.7. The van der Waals surface area contributed by atoms with Crippen LogP contribution in [0.1, 0.15) is 14.9 Å². The number of aromatic nitrogens is 1. The first kappa shape index (κ1) is 18.2. The Bertz CT molecular complexity index is 912. The van der Waals surface area contributed by atoms with Gasteiger partial charge < -0.3 is 0 Å². The van der Waals surface area contributed by atoms with Crippen molar-refractivity contribution in [1.29, 1.82) is 0 Å². The molecular formula is C19H16FNO4Se. The third kappa shape index (κ3) is 3.49. The maximum absolute atomic E-state index is 13.1. The Morgan fingerprint density at radius 1 is 1.00 bits per heavy atom. The van der Waals surface area contributed by atoms with Gasteiger partial charge in [0.15, 0.2) is 0 Å². The average molecular weight is 420 g/mol. The summed E-state index contributed by atoms with van der Waals surface area (Å²) >= 11 is -0.207. The standard InChI is InChI=1S/C19H16FNO4Se/c1-23-15-8-12(9-16(24-2)18(15)25-3)17(22)19-21-14(10-26-19)11-4-6-13(20)7-5-11/h4-10H,1-3H3. The fourth-order valence-corrected chi connectivity index (χ4v) is 4.12. The number of ketones is 1. The van der Waals surface area contributed by atoms with Crippen LogP contribution in [-0.4, -0.2) is 46.6 Å². The molecule has 0 saturated carbocycles. The van der Waals surface area contributed by atoms with Crippen molar-refractivity contribution < 1.29 is 23.4 Å². The molecule has 134 valence electrons. The van der Waals surface area contributed by atoms with Crippen molar-refractivity contribution in [3.8, 4) is 28.5 Å². The van der Waals surface area contributed by atoms with Crippen LogP contribution in [0, 0.1) is 5.82 Å². The SMILES string of the molecule is COc1cc(C(=O)c2nc(-c3ccc(F)cc3)c[se]2)cc(OC)c1OC. The van der Waals surface area contributed by atoms with E-state index in [1.54, 1.807) is 24.3 Å². The zero-order valence-electron chi connectivity index (χ0n) is 14.4. The molecule has 0 bridgehead atoms. The molecule has 0 saturated heterocycles. The Hall–Kier alpha value is -2.63. The van der Waals surface area contributed by atoms with Gasteiger partial charge in [-0.3, -0.25) is 0 Å². The number of hydrogen-bond acceptors (Lipinski definition) is 5. The molecule has 0 aliphatic heterocycles. The first-order valence-corrected chi connectivity index (χ1v) is 9.48. The third-order valence-electron chi connectivity index (χ3n) is 3.77. The molecule has 5 nitrogen and oxygen atoms in total.